The van der Waals surface area contributed by atoms with Crippen molar-refractivity contribution < 1.29 is 22.7 Å². The average Bonchev–Trinajstić information content (AvgIpc) is 2.82. The number of hydrogen-bond acceptors (Lipinski definition) is 5. The van der Waals surface area contributed by atoms with Crippen LogP contribution in [0.15, 0.2) is 89.8 Å². The van der Waals surface area contributed by atoms with E-state index in [1.165, 1.54) is 24.3 Å². The highest BCUT2D eigenvalue weighted by atomic mass is 32.2. The number of carbonyl (C=O) groups is 2. The number of carbonyl (C=O) groups excluding carboxylic acids is 2. The van der Waals surface area contributed by atoms with Crippen LogP contribution in [0.2, 0.25) is 0 Å². The first kappa shape index (κ1) is 23.2. The number of amides is 1. The smallest absolute Gasteiger partial charge is 0.265 e. The molecule has 0 aliphatic carbocycles. The summed E-state index contributed by atoms with van der Waals surface area (Å²) >= 11 is 0. The van der Waals surface area contributed by atoms with Gasteiger partial charge in [0.15, 0.2) is 11.9 Å². The summed E-state index contributed by atoms with van der Waals surface area (Å²) in [5.41, 5.74) is 0.862. The number of rotatable bonds is 10. The maximum Gasteiger partial charge on any atom is 0.265 e. The molecule has 2 N–H and O–H groups in total. The lowest BCUT2D eigenvalue weighted by Crippen LogP contribution is -2.32. The van der Waals surface area contributed by atoms with Gasteiger partial charge in [-0.05, 0) is 42.8 Å². The molecule has 0 saturated carbocycles. The highest BCUT2D eigenvalue weighted by Crippen LogP contribution is 2.17. The van der Waals surface area contributed by atoms with Gasteiger partial charge in [-0.2, -0.15) is 0 Å². The molecular weight excluding hydrogens is 428 g/mol. The molecule has 0 heterocycles. The Bertz CT molecular complexity index is 1150. The maximum absolute atomic E-state index is 12.5. The van der Waals surface area contributed by atoms with E-state index in [2.05, 4.69) is 10.0 Å². The molecule has 0 unspecified atom stereocenters. The Hall–Kier alpha value is -3.49. The van der Waals surface area contributed by atoms with E-state index in [1.54, 1.807) is 42.5 Å². The summed E-state index contributed by atoms with van der Waals surface area (Å²) in [5.74, 6) is -0.0762. The number of nitrogens with one attached hydrogen (secondary N) is 2. The highest BCUT2D eigenvalue weighted by molar-refractivity contribution is 7.89. The van der Waals surface area contributed by atoms with Crippen LogP contribution in [0.4, 0.5) is 5.69 Å². The predicted octanol–water partition coefficient (Wildman–Crippen LogP) is 3.64. The van der Waals surface area contributed by atoms with Gasteiger partial charge in [-0.1, -0.05) is 55.5 Å². The molecule has 3 rings (SSSR count). The zero-order chi connectivity index (χ0) is 23.0. The maximum atomic E-state index is 12.5. The van der Waals surface area contributed by atoms with E-state index in [9.17, 15) is 18.0 Å². The highest BCUT2D eigenvalue weighted by Gasteiger charge is 2.20. The molecule has 0 saturated heterocycles. The van der Waals surface area contributed by atoms with Gasteiger partial charge in [0.05, 0.1) is 11.4 Å². The first-order valence-electron chi connectivity index (χ1n) is 10.1. The SMILES string of the molecule is CC[C@H](Oc1ccccc1)C(=O)Nc1ccc(S(=O)(=O)NCC(=O)c2ccccc2)cc1. The van der Waals surface area contributed by atoms with Crippen molar-refractivity contribution in [3.05, 3.63) is 90.5 Å². The normalized spacial score (nSPS) is 12.0. The topological polar surface area (TPSA) is 102 Å². The van der Waals surface area contributed by atoms with Crippen LogP contribution in [0.3, 0.4) is 0 Å². The molecule has 32 heavy (non-hydrogen) atoms. The lowest BCUT2D eigenvalue weighted by molar-refractivity contribution is -0.122. The van der Waals surface area contributed by atoms with Crippen LogP contribution in [0.25, 0.3) is 0 Å². The molecule has 0 fully saturated rings. The van der Waals surface area contributed by atoms with Crippen LogP contribution in [-0.2, 0) is 14.8 Å². The van der Waals surface area contributed by atoms with Crippen LogP contribution in [0, 0.1) is 0 Å². The number of benzene rings is 3. The van der Waals surface area contributed by atoms with Gasteiger partial charge in [0.25, 0.3) is 5.91 Å². The minimum absolute atomic E-state index is 0.0102. The first-order valence-corrected chi connectivity index (χ1v) is 11.6. The Kier molecular flexibility index (Phi) is 7.75. The number of Topliss-reactive ketones (excluding diaryl/α,β-unsaturated/α-hetero) is 1. The van der Waals surface area contributed by atoms with E-state index >= 15 is 0 Å². The number of hydrogen-bond donors (Lipinski definition) is 2. The number of ether oxygens (including phenoxy) is 1. The number of anilines is 1. The van der Waals surface area contributed by atoms with E-state index in [4.69, 9.17) is 4.74 Å². The molecule has 1 atom stereocenters. The van der Waals surface area contributed by atoms with Gasteiger partial charge in [0.2, 0.25) is 10.0 Å². The van der Waals surface area contributed by atoms with Crippen molar-refractivity contribution >= 4 is 27.4 Å². The van der Waals surface area contributed by atoms with Crippen molar-refractivity contribution in [2.75, 3.05) is 11.9 Å². The van der Waals surface area contributed by atoms with Gasteiger partial charge < -0.3 is 10.1 Å². The summed E-state index contributed by atoms with van der Waals surface area (Å²) in [6.07, 6.45) is -0.224. The number of para-hydroxylation sites is 1. The van der Waals surface area contributed by atoms with E-state index in [1.807, 2.05) is 25.1 Å². The van der Waals surface area contributed by atoms with Gasteiger partial charge in [-0.25, -0.2) is 13.1 Å². The average molecular weight is 453 g/mol. The van der Waals surface area contributed by atoms with Crippen LogP contribution in [-0.4, -0.2) is 32.8 Å². The van der Waals surface area contributed by atoms with Crippen LogP contribution in [0.5, 0.6) is 5.75 Å². The Balaban J connectivity index is 1.59. The third-order valence-electron chi connectivity index (χ3n) is 4.64. The van der Waals surface area contributed by atoms with Crippen molar-refractivity contribution in [1.82, 2.24) is 4.72 Å². The molecule has 7 nitrogen and oxygen atoms in total. The monoisotopic (exact) mass is 452 g/mol. The second-order valence-corrected chi connectivity index (χ2v) is 8.72. The van der Waals surface area contributed by atoms with Gasteiger partial charge in [0, 0.05) is 11.3 Å². The van der Waals surface area contributed by atoms with E-state index in [0.717, 1.165) is 0 Å². The van der Waals surface area contributed by atoms with Gasteiger partial charge >= 0.3 is 0 Å². The minimum atomic E-state index is -3.88. The largest absolute Gasteiger partial charge is 0.481 e. The van der Waals surface area contributed by atoms with E-state index < -0.39 is 16.1 Å². The van der Waals surface area contributed by atoms with Crippen LogP contribution >= 0.6 is 0 Å². The summed E-state index contributed by atoms with van der Waals surface area (Å²) in [6, 6.07) is 23.2. The summed E-state index contributed by atoms with van der Waals surface area (Å²) in [7, 11) is -3.88. The fourth-order valence-corrected chi connectivity index (χ4v) is 3.88. The predicted molar refractivity (Wildman–Crippen MR) is 122 cm³/mol. The molecule has 0 aromatic heterocycles. The first-order chi connectivity index (χ1) is 15.4. The third kappa shape index (κ3) is 6.26. The minimum Gasteiger partial charge on any atom is -0.481 e. The zero-order valence-corrected chi connectivity index (χ0v) is 18.3. The summed E-state index contributed by atoms with van der Waals surface area (Å²) in [5, 5.41) is 2.73. The lowest BCUT2D eigenvalue weighted by atomic mass is 10.1. The van der Waals surface area contributed by atoms with Crippen molar-refractivity contribution in [1.29, 1.82) is 0 Å². The fraction of sp³-hybridized carbons (Fsp3) is 0.167. The number of sulfonamides is 1. The molecule has 8 heteroatoms. The molecule has 3 aromatic rings. The molecule has 1 amide bonds. The number of ketones is 1. The molecule has 0 radical (unpaired) electrons. The molecular formula is C24H24N2O5S. The molecule has 0 spiro atoms. The summed E-state index contributed by atoms with van der Waals surface area (Å²) in [4.78, 5) is 24.7. The standard InChI is InChI=1S/C24H24N2O5S/c1-2-23(31-20-11-7-4-8-12-20)24(28)26-19-13-15-21(16-14-19)32(29,30)25-17-22(27)18-9-5-3-6-10-18/h3-16,23,25H,2,17H2,1H3,(H,26,28)/t23-/m0/s1. The molecule has 166 valence electrons. The second-order valence-electron chi connectivity index (χ2n) is 6.96. The Labute approximate surface area is 187 Å². The fourth-order valence-electron chi connectivity index (χ4n) is 2.90. The second kappa shape index (κ2) is 10.7. The zero-order valence-electron chi connectivity index (χ0n) is 17.5. The summed E-state index contributed by atoms with van der Waals surface area (Å²) in [6.45, 7) is 1.49. The van der Waals surface area contributed by atoms with Gasteiger partial charge in [-0.3, -0.25) is 9.59 Å². The van der Waals surface area contributed by atoms with E-state index in [0.29, 0.717) is 23.4 Å². The Morgan fingerprint density at radius 3 is 2.06 bits per heavy atom. The summed E-state index contributed by atoms with van der Waals surface area (Å²) < 4.78 is 33.0. The van der Waals surface area contributed by atoms with Crippen molar-refractivity contribution in [3.8, 4) is 5.75 Å². The van der Waals surface area contributed by atoms with Crippen molar-refractivity contribution in [3.63, 3.8) is 0 Å². The van der Waals surface area contributed by atoms with Crippen molar-refractivity contribution in [2.24, 2.45) is 0 Å². The van der Waals surface area contributed by atoms with Crippen molar-refractivity contribution in [2.45, 2.75) is 24.3 Å². The molecule has 3 aromatic carbocycles. The van der Waals surface area contributed by atoms with Crippen LogP contribution < -0.4 is 14.8 Å². The molecule has 0 aliphatic rings. The third-order valence-corrected chi connectivity index (χ3v) is 6.05. The quantitative estimate of drug-likeness (QED) is 0.457. The van der Waals surface area contributed by atoms with Gasteiger partial charge in [-0.15, -0.1) is 0 Å². The lowest BCUT2D eigenvalue weighted by Gasteiger charge is -2.17. The molecule has 0 bridgehead atoms. The Morgan fingerprint density at radius 1 is 0.875 bits per heavy atom. The van der Waals surface area contributed by atoms with E-state index in [-0.39, 0.29) is 23.1 Å². The molecule has 0 aliphatic heterocycles. The van der Waals surface area contributed by atoms with Crippen LogP contribution in [0.1, 0.15) is 23.7 Å². The van der Waals surface area contributed by atoms with Gasteiger partial charge in [0.1, 0.15) is 5.75 Å². The Morgan fingerprint density at radius 2 is 1.47 bits per heavy atom.